The van der Waals surface area contributed by atoms with Gasteiger partial charge in [0.1, 0.15) is 0 Å². The summed E-state index contributed by atoms with van der Waals surface area (Å²) in [4.78, 5) is 16.5. The van der Waals surface area contributed by atoms with Gasteiger partial charge in [-0.1, -0.05) is 0 Å². The molecule has 0 aliphatic carbocycles. The van der Waals surface area contributed by atoms with Crippen molar-refractivity contribution >= 4 is 5.91 Å². The third-order valence-corrected chi connectivity index (χ3v) is 3.46. The molecule has 4 nitrogen and oxygen atoms in total. The number of amides is 1. The van der Waals surface area contributed by atoms with Gasteiger partial charge >= 0.3 is 0 Å². The molecule has 2 saturated heterocycles. The molecular formula is C11H21N3O. The van der Waals surface area contributed by atoms with E-state index in [2.05, 4.69) is 29.1 Å². The molecule has 2 rings (SSSR count). The van der Waals surface area contributed by atoms with Crippen LogP contribution in [-0.2, 0) is 4.79 Å². The summed E-state index contributed by atoms with van der Waals surface area (Å²) in [6.45, 7) is 6.95. The average Bonchev–Trinajstić information content (AvgIpc) is 2.23. The molecule has 0 radical (unpaired) electrons. The van der Waals surface area contributed by atoms with Gasteiger partial charge in [0.15, 0.2) is 0 Å². The molecule has 1 unspecified atom stereocenters. The Morgan fingerprint density at radius 2 is 2.07 bits per heavy atom. The number of hydrogen-bond acceptors (Lipinski definition) is 3. The van der Waals surface area contributed by atoms with E-state index in [0.717, 1.165) is 39.1 Å². The standard InChI is InChI=1S/C11H21N3O/c1-9-8-13(2)4-3-5-14(9)11(15)10-6-12-7-10/h9-10,12H,3-8H2,1-2H3. The molecular weight excluding hydrogens is 190 g/mol. The summed E-state index contributed by atoms with van der Waals surface area (Å²) < 4.78 is 0. The minimum atomic E-state index is 0.246. The smallest absolute Gasteiger partial charge is 0.228 e. The van der Waals surface area contributed by atoms with Crippen molar-refractivity contribution in [3.05, 3.63) is 0 Å². The lowest BCUT2D eigenvalue weighted by Crippen LogP contribution is -2.54. The number of nitrogens with zero attached hydrogens (tertiary/aromatic N) is 2. The number of hydrogen-bond donors (Lipinski definition) is 1. The monoisotopic (exact) mass is 211 g/mol. The van der Waals surface area contributed by atoms with E-state index in [1.165, 1.54) is 0 Å². The maximum absolute atomic E-state index is 12.1. The van der Waals surface area contributed by atoms with Crippen LogP contribution in [0.2, 0.25) is 0 Å². The maximum Gasteiger partial charge on any atom is 0.228 e. The minimum Gasteiger partial charge on any atom is -0.338 e. The number of likely N-dealkylation sites (N-methyl/N-ethyl adjacent to an activating group) is 1. The Morgan fingerprint density at radius 1 is 1.33 bits per heavy atom. The van der Waals surface area contributed by atoms with Gasteiger partial charge in [-0.2, -0.15) is 0 Å². The van der Waals surface area contributed by atoms with E-state index in [-0.39, 0.29) is 5.92 Å². The van der Waals surface area contributed by atoms with Crippen molar-refractivity contribution in [2.75, 3.05) is 39.8 Å². The third-order valence-electron chi connectivity index (χ3n) is 3.46. The van der Waals surface area contributed by atoms with E-state index in [0.29, 0.717) is 11.9 Å². The van der Waals surface area contributed by atoms with Crippen LogP contribution >= 0.6 is 0 Å². The van der Waals surface area contributed by atoms with E-state index in [1.54, 1.807) is 0 Å². The lowest BCUT2D eigenvalue weighted by molar-refractivity contribution is -0.139. The van der Waals surface area contributed by atoms with Gasteiger partial charge < -0.3 is 15.1 Å². The molecule has 0 aromatic carbocycles. The van der Waals surface area contributed by atoms with E-state index in [9.17, 15) is 4.79 Å². The van der Waals surface area contributed by atoms with Crippen molar-refractivity contribution < 1.29 is 4.79 Å². The van der Waals surface area contributed by atoms with Crippen molar-refractivity contribution in [2.45, 2.75) is 19.4 Å². The Balaban J connectivity index is 1.96. The lowest BCUT2D eigenvalue weighted by Gasteiger charge is -2.35. The summed E-state index contributed by atoms with van der Waals surface area (Å²) in [6.07, 6.45) is 1.10. The lowest BCUT2D eigenvalue weighted by atomic mass is 10.0. The number of carbonyl (C=O) groups is 1. The fourth-order valence-electron chi connectivity index (χ4n) is 2.40. The van der Waals surface area contributed by atoms with Gasteiger partial charge in [-0.15, -0.1) is 0 Å². The van der Waals surface area contributed by atoms with Gasteiger partial charge in [0, 0.05) is 32.2 Å². The van der Waals surface area contributed by atoms with Crippen LogP contribution in [0.25, 0.3) is 0 Å². The molecule has 2 fully saturated rings. The van der Waals surface area contributed by atoms with Crippen LogP contribution in [0.1, 0.15) is 13.3 Å². The van der Waals surface area contributed by atoms with Crippen molar-refractivity contribution in [3.63, 3.8) is 0 Å². The SMILES string of the molecule is CC1CN(C)CCCN1C(=O)C1CNC1. The zero-order chi connectivity index (χ0) is 10.8. The predicted octanol–water partition coefficient (Wildman–Crippen LogP) is -0.242. The summed E-state index contributed by atoms with van der Waals surface area (Å²) in [5, 5.41) is 3.16. The second kappa shape index (κ2) is 4.49. The molecule has 0 saturated carbocycles. The Hall–Kier alpha value is -0.610. The summed E-state index contributed by atoms with van der Waals surface area (Å²) in [6, 6.07) is 0.366. The van der Waals surface area contributed by atoms with Crippen molar-refractivity contribution in [3.8, 4) is 0 Å². The molecule has 2 aliphatic heterocycles. The fraction of sp³-hybridized carbons (Fsp3) is 0.909. The largest absolute Gasteiger partial charge is 0.338 e. The Bertz CT molecular complexity index is 240. The first-order valence-corrected chi connectivity index (χ1v) is 5.88. The van der Waals surface area contributed by atoms with Gasteiger partial charge in [-0.25, -0.2) is 0 Å². The second-order valence-corrected chi connectivity index (χ2v) is 4.85. The average molecular weight is 211 g/mol. The molecule has 0 bridgehead atoms. The molecule has 1 N–H and O–H groups in total. The normalized spacial score (nSPS) is 29.7. The first-order valence-electron chi connectivity index (χ1n) is 5.88. The van der Waals surface area contributed by atoms with E-state index in [4.69, 9.17) is 0 Å². The van der Waals surface area contributed by atoms with Crippen molar-refractivity contribution in [1.29, 1.82) is 0 Å². The van der Waals surface area contributed by atoms with Gasteiger partial charge in [0.25, 0.3) is 0 Å². The quantitative estimate of drug-likeness (QED) is 0.650. The number of rotatable bonds is 1. The summed E-state index contributed by atoms with van der Waals surface area (Å²) >= 11 is 0. The Morgan fingerprint density at radius 3 is 2.67 bits per heavy atom. The molecule has 1 atom stereocenters. The molecule has 0 aromatic heterocycles. The van der Waals surface area contributed by atoms with Crippen LogP contribution in [0.5, 0.6) is 0 Å². The number of carbonyl (C=O) groups excluding carboxylic acids is 1. The highest BCUT2D eigenvalue weighted by atomic mass is 16.2. The maximum atomic E-state index is 12.1. The van der Waals surface area contributed by atoms with Gasteiger partial charge in [-0.3, -0.25) is 4.79 Å². The van der Waals surface area contributed by atoms with Crippen LogP contribution in [0, 0.1) is 5.92 Å². The topological polar surface area (TPSA) is 35.6 Å². The molecule has 4 heteroatoms. The Kier molecular flexibility index (Phi) is 3.26. The Labute approximate surface area is 91.6 Å². The first kappa shape index (κ1) is 10.9. The zero-order valence-electron chi connectivity index (χ0n) is 9.70. The summed E-state index contributed by atoms with van der Waals surface area (Å²) in [5.41, 5.74) is 0. The molecule has 0 spiro atoms. The van der Waals surface area contributed by atoms with Gasteiger partial charge in [0.05, 0.1) is 5.92 Å². The highest BCUT2D eigenvalue weighted by molar-refractivity contribution is 5.80. The van der Waals surface area contributed by atoms with E-state index >= 15 is 0 Å². The van der Waals surface area contributed by atoms with Crippen LogP contribution < -0.4 is 5.32 Å². The minimum absolute atomic E-state index is 0.246. The van der Waals surface area contributed by atoms with Crippen LogP contribution in [0.4, 0.5) is 0 Å². The fourth-order valence-corrected chi connectivity index (χ4v) is 2.40. The van der Waals surface area contributed by atoms with Crippen molar-refractivity contribution in [1.82, 2.24) is 15.1 Å². The van der Waals surface area contributed by atoms with Gasteiger partial charge in [-0.05, 0) is 26.9 Å². The van der Waals surface area contributed by atoms with Crippen LogP contribution in [0.15, 0.2) is 0 Å². The summed E-state index contributed by atoms with van der Waals surface area (Å²) in [7, 11) is 2.13. The molecule has 1 amide bonds. The molecule has 86 valence electrons. The van der Waals surface area contributed by atoms with E-state index in [1.807, 2.05) is 0 Å². The van der Waals surface area contributed by atoms with Crippen LogP contribution in [0.3, 0.4) is 0 Å². The zero-order valence-corrected chi connectivity index (χ0v) is 9.70. The van der Waals surface area contributed by atoms with Crippen LogP contribution in [-0.4, -0.2) is 61.5 Å². The summed E-state index contributed by atoms with van der Waals surface area (Å²) in [5.74, 6) is 0.604. The second-order valence-electron chi connectivity index (χ2n) is 4.85. The van der Waals surface area contributed by atoms with E-state index < -0.39 is 0 Å². The molecule has 2 aliphatic rings. The van der Waals surface area contributed by atoms with Gasteiger partial charge in [0.2, 0.25) is 5.91 Å². The molecule has 15 heavy (non-hydrogen) atoms. The highest BCUT2D eigenvalue weighted by Crippen LogP contribution is 2.14. The first-order chi connectivity index (χ1) is 7.18. The third kappa shape index (κ3) is 2.32. The highest BCUT2D eigenvalue weighted by Gasteiger charge is 2.32. The number of nitrogens with one attached hydrogen (secondary N) is 1. The molecule has 0 aromatic rings. The van der Waals surface area contributed by atoms with Crippen molar-refractivity contribution in [2.24, 2.45) is 5.92 Å². The predicted molar refractivity (Wildman–Crippen MR) is 59.6 cm³/mol. The molecule has 2 heterocycles.